The Morgan fingerprint density at radius 3 is 2.96 bits per heavy atom. The Kier molecular flexibility index (Phi) is 4.43. The molecular formula is C19H16BrF2N5. The van der Waals surface area contributed by atoms with Crippen molar-refractivity contribution in [2.45, 2.75) is 13.3 Å². The number of aromatic amines is 1. The van der Waals surface area contributed by atoms with Gasteiger partial charge in [-0.05, 0) is 46.5 Å². The molecule has 0 saturated carbocycles. The Bertz CT molecular complexity index is 1180. The number of fused-ring (bicyclic) bond motifs is 2. The number of nitrogens with one attached hydrogen (secondary N) is 2. The van der Waals surface area contributed by atoms with Gasteiger partial charge in [-0.1, -0.05) is 6.58 Å². The molecule has 0 amide bonds. The maximum Gasteiger partial charge on any atom is 0.180 e. The van der Waals surface area contributed by atoms with E-state index in [4.69, 9.17) is 0 Å². The number of benzene rings is 1. The van der Waals surface area contributed by atoms with E-state index in [1.165, 1.54) is 6.07 Å². The van der Waals surface area contributed by atoms with Crippen LogP contribution in [0.2, 0.25) is 0 Å². The predicted molar refractivity (Wildman–Crippen MR) is 106 cm³/mol. The highest BCUT2D eigenvalue weighted by atomic mass is 79.9. The fourth-order valence-electron chi connectivity index (χ4n) is 3.16. The first-order valence-electron chi connectivity index (χ1n) is 8.32. The summed E-state index contributed by atoms with van der Waals surface area (Å²) in [5, 5.41) is 3.66. The highest BCUT2D eigenvalue weighted by Crippen LogP contribution is 2.25. The van der Waals surface area contributed by atoms with E-state index in [1.807, 2.05) is 17.5 Å². The highest BCUT2D eigenvalue weighted by molar-refractivity contribution is 9.10. The molecule has 0 unspecified atom stereocenters. The number of hydrogen-bond acceptors (Lipinski definition) is 3. The van der Waals surface area contributed by atoms with Crippen molar-refractivity contribution in [3.63, 3.8) is 0 Å². The van der Waals surface area contributed by atoms with Gasteiger partial charge < -0.3 is 10.3 Å². The molecule has 8 heteroatoms. The summed E-state index contributed by atoms with van der Waals surface area (Å²) in [5.41, 5.74) is 3.70. The Balaban J connectivity index is 1.59. The third-order valence-electron chi connectivity index (χ3n) is 4.36. The van der Waals surface area contributed by atoms with Gasteiger partial charge in [0.05, 0.1) is 17.4 Å². The van der Waals surface area contributed by atoms with Crippen molar-refractivity contribution in [1.29, 1.82) is 0 Å². The first kappa shape index (κ1) is 17.7. The van der Waals surface area contributed by atoms with Crippen molar-refractivity contribution in [3.05, 3.63) is 64.8 Å². The Morgan fingerprint density at radius 1 is 1.37 bits per heavy atom. The molecule has 0 aliphatic heterocycles. The van der Waals surface area contributed by atoms with Crippen molar-refractivity contribution >= 4 is 43.9 Å². The molecule has 0 atom stereocenters. The first-order valence-corrected chi connectivity index (χ1v) is 9.11. The summed E-state index contributed by atoms with van der Waals surface area (Å²) in [6.45, 7) is 6.39. The van der Waals surface area contributed by atoms with Gasteiger partial charge in [0.25, 0.3) is 0 Å². The second kappa shape index (κ2) is 6.77. The summed E-state index contributed by atoms with van der Waals surface area (Å²) < 4.78 is 30.0. The van der Waals surface area contributed by atoms with E-state index in [0.29, 0.717) is 39.9 Å². The number of nitrogens with zero attached hydrogens (tertiary/aromatic N) is 3. The van der Waals surface area contributed by atoms with Gasteiger partial charge in [-0.2, -0.15) is 0 Å². The summed E-state index contributed by atoms with van der Waals surface area (Å²) in [6, 6.07) is 2.19. The van der Waals surface area contributed by atoms with Gasteiger partial charge in [0.15, 0.2) is 11.5 Å². The zero-order valence-corrected chi connectivity index (χ0v) is 16.1. The van der Waals surface area contributed by atoms with Crippen LogP contribution in [0.4, 0.5) is 14.6 Å². The van der Waals surface area contributed by atoms with E-state index in [2.05, 4.69) is 42.8 Å². The quantitative estimate of drug-likeness (QED) is 0.470. The molecule has 2 N–H and O–H groups in total. The fourth-order valence-corrected chi connectivity index (χ4v) is 3.54. The molecule has 4 rings (SSSR count). The van der Waals surface area contributed by atoms with Crippen molar-refractivity contribution < 1.29 is 8.78 Å². The molecule has 27 heavy (non-hydrogen) atoms. The number of halogens is 3. The fraction of sp³-hybridized carbons (Fsp3) is 0.158. The van der Waals surface area contributed by atoms with Crippen LogP contribution < -0.4 is 5.32 Å². The standard InChI is InChI=1S/C19H16BrF2N5/c1-10(2)15-8-25-19-18(26-16(20)9-27(15)19)23-4-3-11-7-24-14-6-12(21)5-13(22)17(11)14/h5-9,24H,1,3-4H2,2H3,(H,23,26). The molecule has 4 aromatic rings. The lowest BCUT2D eigenvalue weighted by Crippen LogP contribution is -2.08. The van der Waals surface area contributed by atoms with E-state index < -0.39 is 11.6 Å². The minimum Gasteiger partial charge on any atom is -0.367 e. The molecule has 0 saturated heterocycles. The van der Waals surface area contributed by atoms with Crippen LogP contribution in [0.3, 0.4) is 0 Å². The minimum absolute atomic E-state index is 0.413. The summed E-state index contributed by atoms with van der Waals surface area (Å²) in [6.07, 6.45) is 5.83. The molecule has 0 spiro atoms. The van der Waals surface area contributed by atoms with Gasteiger partial charge in [-0.25, -0.2) is 18.7 Å². The van der Waals surface area contributed by atoms with Crippen LogP contribution in [0, 0.1) is 11.6 Å². The van der Waals surface area contributed by atoms with Gasteiger partial charge >= 0.3 is 0 Å². The zero-order valence-electron chi connectivity index (χ0n) is 14.5. The number of aromatic nitrogens is 4. The number of H-pyrrole nitrogens is 1. The first-order chi connectivity index (χ1) is 12.9. The lowest BCUT2D eigenvalue weighted by molar-refractivity contribution is 0.591. The molecule has 3 aromatic heterocycles. The lowest BCUT2D eigenvalue weighted by Gasteiger charge is -2.09. The Hall–Kier alpha value is -2.74. The van der Waals surface area contributed by atoms with Crippen LogP contribution in [-0.2, 0) is 6.42 Å². The summed E-state index contributed by atoms with van der Waals surface area (Å²) in [5.74, 6) is -0.549. The second-order valence-electron chi connectivity index (χ2n) is 6.33. The lowest BCUT2D eigenvalue weighted by atomic mass is 10.1. The van der Waals surface area contributed by atoms with Gasteiger partial charge in [-0.3, -0.25) is 4.40 Å². The van der Waals surface area contributed by atoms with E-state index in [9.17, 15) is 8.78 Å². The topological polar surface area (TPSA) is 58.0 Å². The molecule has 0 aliphatic carbocycles. The van der Waals surface area contributed by atoms with Crippen LogP contribution in [0.1, 0.15) is 18.2 Å². The minimum atomic E-state index is -0.597. The molecule has 5 nitrogen and oxygen atoms in total. The van der Waals surface area contributed by atoms with Gasteiger partial charge in [0.2, 0.25) is 0 Å². The largest absolute Gasteiger partial charge is 0.367 e. The van der Waals surface area contributed by atoms with Crippen LogP contribution >= 0.6 is 15.9 Å². The predicted octanol–water partition coefficient (Wildman–Crippen LogP) is 4.94. The molecule has 138 valence electrons. The summed E-state index contributed by atoms with van der Waals surface area (Å²) >= 11 is 3.41. The number of hydrogen-bond donors (Lipinski definition) is 2. The summed E-state index contributed by atoms with van der Waals surface area (Å²) in [7, 11) is 0. The molecule has 0 bridgehead atoms. The van der Waals surface area contributed by atoms with Crippen LogP contribution in [0.15, 0.2) is 41.9 Å². The number of allylic oxidation sites excluding steroid dienone is 1. The monoisotopic (exact) mass is 431 g/mol. The molecule has 0 aliphatic rings. The maximum absolute atomic E-state index is 14.1. The van der Waals surface area contributed by atoms with Crippen LogP contribution in [-0.4, -0.2) is 25.9 Å². The van der Waals surface area contributed by atoms with Crippen LogP contribution in [0.25, 0.3) is 22.1 Å². The van der Waals surface area contributed by atoms with E-state index in [-0.39, 0.29) is 0 Å². The number of rotatable bonds is 5. The molecular weight excluding hydrogens is 416 g/mol. The third kappa shape index (κ3) is 3.21. The molecule has 0 radical (unpaired) electrons. The van der Waals surface area contributed by atoms with Crippen molar-refractivity contribution in [1.82, 2.24) is 19.4 Å². The third-order valence-corrected chi connectivity index (χ3v) is 4.75. The van der Waals surface area contributed by atoms with E-state index in [0.717, 1.165) is 22.9 Å². The van der Waals surface area contributed by atoms with Gasteiger partial charge in [0.1, 0.15) is 16.2 Å². The maximum atomic E-state index is 14.1. The normalized spacial score (nSPS) is 11.4. The Labute approximate surface area is 162 Å². The van der Waals surface area contributed by atoms with Crippen LogP contribution in [0.5, 0.6) is 0 Å². The van der Waals surface area contributed by atoms with Gasteiger partial charge in [-0.15, -0.1) is 0 Å². The average Bonchev–Trinajstić information content (AvgIpc) is 3.19. The second-order valence-corrected chi connectivity index (χ2v) is 7.14. The van der Waals surface area contributed by atoms with E-state index in [1.54, 1.807) is 12.4 Å². The Morgan fingerprint density at radius 2 is 2.19 bits per heavy atom. The average molecular weight is 432 g/mol. The number of anilines is 1. The van der Waals surface area contributed by atoms with E-state index >= 15 is 0 Å². The van der Waals surface area contributed by atoms with Crippen molar-refractivity contribution in [2.75, 3.05) is 11.9 Å². The molecule has 0 fully saturated rings. The van der Waals surface area contributed by atoms with Crippen molar-refractivity contribution in [3.8, 4) is 0 Å². The highest BCUT2D eigenvalue weighted by Gasteiger charge is 2.13. The number of imidazole rings is 1. The SMILES string of the molecule is C=C(C)c1cnc2c(NCCc3c[nH]c4cc(F)cc(F)c34)nc(Br)cn12. The molecule has 3 heterocycles. The van der Waals surface area contributed by atoms with Gasteiger partial charge in [0, 0.05) is 30.4 Å². The molecule has 1 aromatic carbocycles. The smallest absolute Gasteiger partial charge is 0.180 e. The van der Waals surface area contributed by atoms with Crippen molar-refractivity contribution in [2.24, 2.45) is 0 Å². The zero-order chi connectivity index (χ0) is 19.1. The summed E-state index contributed by atoms with van der Waals surface area (Å²) in [4.78, 5) is 11.8.